The molecule has 1 aliphatic heterocycles. The van der Waals surface area contributed by atoms with E-state index in [0.717, 1.165) is 6.42 Å². The molecule has 0 radical (unpaired) electrons. The maximum absolute atomic E-state index is 12.3. The summed E-state index contributed by atoms with van der Waals surface area (Å²) in [5.74, 6) is -0.855. The van der Waals surface area contributed by atoms with Crippen LogP contribution >= 0.6 is 0 Å². The third kappa shape index (κ3) is 3.06. The standard InChI is InChI=1S/C14H23NO5/c1-14(2,3)20-13(19)15-10-7-9(16)5-4-8(10)6-11(15)12(17)18/h8-11,16H,4-7H2,1-3H3,(H,17,18)/t8-,9+,10-,11-/m0/s1. The first kappa shape index (κ1) is 15.1. The predicted molar refractivity (Wildman–Crippen MR) is 71.2 cm³/mol. The number of likely N-dealkylation sites (tertiary alicyclic amines) is 1. The minimum atomic E-state index is -1.00. The number of carbonyl (C=O) groups is 2. The second-order valence-corrected chi connectivity index (χ2v) is 6.77. The Bertz CT molecular complexity index is 403. The van der Waals surface area contributed by atoms with Gasteiger partial charge in [-0.25, -0.2) is 9.59 Å². The average Bonchev–Trinajstić information content (AvgIpc) is 2.65. The molecule has 6 nitrogen and oxygen atoms in total. The molecule has 4 atom stereocenters. The molecule has 0 bridgehead atoms. The Morgan fingerprint density at radius 3 is 2.40 bits per heavy atom. The van der Waals surface area contributed by atoms with Crippen LogP contribution in [0.5, 0.6) is 0 Å². The lowest BCUT2D eigenvalue weighted by atomic mass is 9.83. The molecule has 1 saturated carbocycles. The first-order valence-corrected chi connectivity index (χ1v) is 7.11. The molecule has 0 spiro atoms. The third-order valence-corrected chi connectivity index (χ3v) is 4.04. The van der Waals surface area contributed by atoms with Crippen molar-refractivity contribution in [1.82, 2.24) is 4.90 Å². The molecule has 114 valence electrons. The molecule has 1 saturated heterocycles. The van der Waals surface area contributed by atoms with Crippen LogP contribution in [0, 0.1) is 5.92 Å². The van der Waals surface area contributed by atoms with Gasteiger partial charge in [0.1, 0.15) is 11.6 Å². The maximum Gasteiger partial charge on any atom is 0.411 e. The van der Waals surface area contributed by atoms with Crippen LogP contribution < -0.4 is 0 Å². The van der Waals surface area contributed by atoms with Crippen LogP contribution in [0.2, 0.25) is 0 Å². The van der Waals surface area contributed by atoms with Gasteiger partial charge in [-0.15, -0.1) is 0 Å². The van der Waals surface area contributed by atoms with Gasteiger partial charge in [0.15, 0.2) is 0 Å². The zero-order valence-corrected chi connectivity index (χ0v) is 12.2. The molecule has 6 heteroatoms. The van der Waals surface area contributed by atoms with Gasteiger partial charge in [0.2, 0.25) is 0 Å². The van der Waals surface area contributed by atoms with E-state index in [2.05, 4.69) is 0 Å². The van der Waals surface area contributed by atoms with Crippen molar-refractivity contribution in [3.8, 4) is 0 Å². The Morgan fingerprint density at radius 1 is 1.20 bits per heavy atom. The molecule has 1 amide bonds. The zero-order valence-electron chi connectivity index (χ0n) is 12.2. The molecule has 0 aromatic heterocycles. The lowest BCUT2D eigenvalue weighted by molar-refractivity contribution is -0.142. The van der Waals surface area contributed by atoms with Crippen molar-refractivity contribution < 1.29 is 24.5 Å². The molecule has 0 aromatic rings. The van der Waals surface area contributed by atoms with Crippen molar-refractivity contribution in [2.45, 2.75) is 70.2 Å². The first-order valence-electron chi connectivity index (χ1n) is 7.11. The second kappa shape index (κ2) is 5.24. The van der Waals surface area contributed by atoms with Crippen LogP contribution in [0.15, 0.2) is 0 Å². The molecule has 0 unspecified atom stereocenters. The smallest absolute Gasteiger partial charge is 0.411 e. The Kier molecular flexibility index (Phi) is 3.95. The van der Waals surface area contributed by atoms with Gasteiger partial charge in [-0.3, -0.25) is 4.90 Å². The first-order chi connectivity index (χ1) is 9.19. The Morgan fingerprint density at radius 2 is 1.85 bits per heavy atom. The molecule has 1 heterocycles. The Balaban J connectivity index is 2.20. The molecule has 2 N–H and O–H groups in total. The summed E-state index contributed by atoms with van der Waals surface area (Å²) >= 11 is 0. The van der Waals surface area contributed by atoms with Gasteiger partial charge in [-0.2, -0.15) is 0 Å². The normalized spacial score (nSPS) is 33.7. The number of carbonyl (C=O) groups excluding carboxylic acids is 1. The number of amides is 1. The number of aliphatic hydroxyl groups excluding tert-OH is 1. The van der Waals surface area contributed by atoms with Crippen LogP contribution in [-0.2, 0) is 9.53 Å². The number of carboxylic acids is 1. The summed E-state index contributed by atoms with van der Waals surface area (Å²) < 4.78 is 5.33. The van der Waals surface area contributed by atoms with Crippen LogP contribution in [-0.4, -0.2) is 51.0 Å². The van der Waals surface area contributed by atoms with E-state index in [1.807, 2.05) is 0 Å². The van der Waals surface area contributed by atoms with Gasteiger partial charge in [0.25, 0.3) is 0 Å². The van der Waals surface area contributed by atoms with E-state index < -0.39 is 29.8 Å². The van der Waals surface area contributed by atoms with Crippen molar-refractivity contribution in [3.63, 3.8) is 0 Å². The molecule has 2 rings (SSSR count). The zero-order chi connectivity index (χ0) is 15.1. The summed E-state index contributed by atoms with van der Waals surface area (Å²) in [6, 6.07) is -1.07. The van der Waals surface area contributed by atoms with Gasteiger partial charge in [-0.1, -0.05) is 0 Å². The van der Waals surface area contributed by atoms with Crippen molar-refractivity contribution in [3.05, 3.63) is 0 Å². The highest BCUT2D eigenvalue weighted by Gasteiger charge is 2.50. The molecular formula is C14H23NO5. The number of hydrogen-bond acceptors (Lipinski definition) is 4. The number of aliphatic carboxylic acids is 1. The minimum Gasteiger partial charge on any atom is -0.480 e. The molecule has 2 aliphatic rings. The summed E-state index contributed by atoms with van der Waals surface area (Å²) in [4.78, 5) is 25.0. The summed E-state index contributed by atoms with van der Waals surface area (Å²) in [5.41, 5.74) is -0.661. The fourth-order valence-electron chi connectivity index (χ4n) is 3.23. The van der Waals surface area contributed by atoms with Crippen LogP contribution in [0.3, 0.4) is 0 Å². The van der Waals surface area contributed by atoms with E-state index in [1.54, 1.807) is 20.8 Å². The van der Waals surface area contributed by atoms with Gasteiger partial charge in [0.05, 0.1) is 6.10 Å². The largest absolute Gasteiger partial charge is 0.480 e. The number of ether oxygens (including phenoxy) is 1. The van der Waals surface area contributed by atoms with Crippen molar-refractivity contribution in [2.75, 3.05) is 0 Å². The number of rotatable bonds is 1. The minimum absolute atomic E-state index is 0.145. The van der Waals surface area contributed by atoms with E-state index in [4.69, 9.17) is 4.74 Å². The third-order valence-electron chi connectivity index (χ3n) is 4.04. The molecule has 0 aromatic carbocycles. The van der Waals surface area contributed by atoms with E-state index >= 15 is 0 Å². The number of hydrogen-bond donors (Lipinski definition) is 2. The lowest BCUT2D eigenvalue weighted by Gasteiger charge is -2.35. The topological polar surface area (TPSA) is 87.1 Å². The lowest BCUT2D eigenvalue weighted by Crippen LogP contribution is -2.49. The Hall–Kier alpha value is -1.30. The van der Waals surface area contributed by atoms with E-state index in [-0.39, 0.29) is 12.0 Å². The van der Waals surface area contributed by atoms with Gasteiger partial charge < -0.3 is 14.9 Å². The quantitative estimate of drug-likeness (QED) is 0.764. The number of aliphatic hydroxyl groups is 1. The van der Waals surface area contributed by atoms with Crippen molar-refractivity contribution in [2.24, 2.45) is 5.92 Å². The van der Waals surface area contributed by atoms with Crippen LogP contribution in [0.25, 0.3) is 0 Å². The summed E-state index contributed by atoms with van der Waals surface area (Å²) in [7, 11) is 0. The van der Waals surface area contributed by atoms with Crippen LogP contribution in [0.4, 0.5) is 4.79 Å². The monoisotopic (exact) mass is 285 g/mol. The van der Waals surface area contributed by atoms with Gasteiger partial charge in [-0.05, 0) is 52.4 Å². The summed E-state index contributed by atoms with van der Waals surface area (Å²) in [6.45, 7) is 5.26. The fourth-order valence-corrected chi connectivity index (χ4v) is 3.23. The molecule has 20 heavy (non-hydrogen) atoms. The van der Waals surface area contributed by atoms with Gasteiger partial charge >= 0.3 is 12.1 Å². The van der Waals surface area contributed by atoms with Gasteiger partial charge in [0, 0.05) is 6.04 Å². The SMILES string of the molecule is CC(C)(C)OC(=O)N1[C@H](C(=O)O)C[C@@H]2CC[C@@H](O)C[C@@H]21. The highest BCUT2D eigenvalue weighted by atomic mass is 16.6. The summed E-state index contributed by atoms with van der Waals surface area (Å²) in [5, 5.41) is 19.1. The second-order valence-electron chi connectivity index (χ2n) is 6.77. The predicted octanol–water partition coefficient (Wildman–Crippen LogP) is 1.61. The van der Waals surface area contributed by atoms with Crippen molar-refractivity contribution >= 4 is 12.1 Å². The molecule has 1 aliphatic carbocycles. The summed E-state index contributed by atoms with van der Waals surface area (Å²) in [6.07, 6.45) is 1.27. The van der Waals surface area contributed by atoms with Crippen molar-refractivity contribution in [1.29, 1.82) is 0 Å². The highest BCUT2D eigenvalue weighted by Crippen LogP contribution is 2.40. The van der Waals surface area contributed by atoms with E-state index in [0.29, 0.717) is 19.3 Å². The highest BCUT2D eigenvalue weighted by molar-refractivity contribution is 5.81. The molecular weight excluding hydrogens is 262 g/mol. The van der Waals surface area contributed by atoms with Crippen LogP contribution in [0.1, 0.15) is 46.5 Å². The number of carboxylic acid groups (broad SMARTS) is 1. The number of fused-ring (bicyclic) bond motifs is 1. The fraction of sp³-hybridized carbons (Fsp3) is 0.857. The van der Waals surface area contributed by atoms with E-state index in [1.165, 1.54) is 4.90 Å². The Labute approximate surface area is 118 Å². The van der Waals surface area contributed by atoms with E-state index in [9.17, 15) is 19.8 Å². The molecule has 2 fully saturated rings. The number of nitrogens with zero attached hydrogens (tertiary/aromatic N) is 1. The maximum atomic E-state index is 12.3. The average molecular weight is 285 g/mol.